The average molecular weight is 448 g/mol. The summed E-state index contributed by atoms with van der Waals surface area (Å²) in [6.07, 6.45) is 4.74. The molecule has 0 saturated heterocycles. The maximum Gasteiger partial charge on any atom is 0.191 e. The number of nitrogens with one attached hydrogen (secondary N) is 2. The zero-order valence-electron chi connectivity index (χ0n) is 14.1. The maximum atomic E-state index is 4.58. The molecule has 0 aromatic carbocycles. The highest BCUT2D eigenvalue weighted by Gasteiger charge is 2.04. The first-order chi connectivity index (χ1) is 10.6. The van der Waals surface area contributed by atoms with Crippen LogP contribution >= 0.6 is 35.3 Å². The van der Waals surface area contributed by atoms with Gasteiger partial charge in [-0.1, -0.05) is 0 Å². The van der Waals surface area contributed by atoms with Crippen molar-refractivity contribution in [2.75, 3.05) is 13.1 Å². The Morgan fingerprint density at radius 2 is 2.13 bits per heavy atom. The molecule has 2 aromatic heterocycles. The Morgan fingerprint density at radius 1 is 1.35 bits per heavy atom. The number of hydrogen-bond donors (Lipinski definition) is 2. The van der Waals surface area contributed by atoms with Crippen LogP contribution in [0.4, 0.5) is 0 Å². The molecular weight excluding hydrogens is 423 g/mol. The van der Waals surface area contributed by atoms with Gasteiger partial charge in [-0.15, -0.1) is 35.3 Å². The van der Waals surface area contributed by atoms with Crippen LogP contribution in [-0.2, 0) is 20.0 Å². The predicted octanol–water partition coefficient (Wildman–Crippen LogP) is 2.41. The van der Waals surface area contributed by atoms with Crippen LogP contribution in [0, 0.1) is 13.8 Å². The summed E-state index contributed by atoms with van der Waals surface area (Å²) in [5.41, 5.74) is 2.24. The number of rotatable bonds is 6. The third kappa shape index (κ3) is 6.46. The molecule has 2 aromatic rings. The van der Waals surface area contributed by atoms with Crippen LogP contribution in [0.3, 0.4) is 0 Å². The first-order valence-electron chi connectivity index (χ1n) is 7.51. The van der Waals surface area contributed by atoms with Crippen LogP contribution in [-0.4, -0.2) is 33.8 Å². The molecule has 0 aliphatic carbocycles. The normalized spacial score (nSPS) is 11.2. The Kier molecular flexibility index (Phi) is 8.53. The van der Waals surface area contributed by atoms with Crippen molar-refractivity contribution in [1.29, 1.82) is 0 Å². The number of halogens is 1. The van der Waals surface area contributed by atoms with Gasteiger partial charge >= 0.3 is 0 Å². The summed E-state index contributed by atoms with van der Waals surface area (Å²) in [7, 11) is 1.91. The summed E-state index contributed by atoms with van der Waals surface area (Å²) in [6.45, 7) is 8.53. The van der Waals surface area contributed by atoms with Gasteiger partial charge in [0.15, 0.2) is 5.96 Å². The van der Waals surface area contributed by atoms with E-state index in [1.807, 2.05) is 19.4 Å². The summed E-state index contributed by atoms with van der Waals surface area (Å²) in [5.74, 6) is 0.830. The summed E-state index contributed by atoms with van der Waals surface area (Å²) < 4.78 is 1.79. The van der Waals surface area contributed by atoms with E-state index in [9.17, 15) is 0 Å². The van der Waals surface area contributed by atoms with Crippen LogP contribution < -0.4 is 10.6 Å². The lowest BCUT2D eigenvalue weighted by Gasteiger charge is -2.10. The largest absolute Gasteiger partial charge is 0.357 e. The molecule has 6 nitrogen and oxygen atoms in total. The molecule has 0 atom stereocenters. The monoisotopic (exact) mass is 448 g/mol. The van der Waals surface area contributed by atoms with E-state index in [1.165, 1.54) is 9.88 Å². The first kappa shape index (κ1) is 19.9. The summed E-state index contributed by atoms with van der Waals surface area (Å²) in [6, 6.07) is 0. The second-order valence-corrected chi connectivity index (χ2v) is 6.43. The smallest absolute Gasteiger partial charge is 0.191 e. The van der Waals surface area contributed by atoms with Gasteiger partial charge in [-0.25, -0.2) is 9.98 Å². The third-order valence-electron chi connectivity index (χ3n) is 3.23. The second kappa shape index (κ2) is 9.86. The lowest BCUT2D eigenvalue weighted by molar-refractivity contribution is 0.766. The molecule has 0 aliphatic heterocycles. The van der Waals surface area contributed by atoms with Crippen LogP contribution in [0.15, 0.2) is 17.4 Å². The van der Waals surface area contributed by atoms with Crippen LogP contribution in [0.25, 0.3) is 0 Å². The number of aromatic nitrogens is 3. The number of aliphatic imine (C=N–C) groups is 1. The van der Waals surface area contributed by atoms with E-state index in [-0.39, 0.29) is 24.0 Å². The Bertz CT molecular complexity index is 614. The molecule has 2 rings (SSSR count). The minimum Gasteiger partial charge on any atom is -0.357 e. The fraction of sp³-hybridized carbons (Fsp3) is 0.533. The predicted molar refractivity (Wildman–Crippen MR) is 107 cm³/mol. The van der Waals surface area contributed by atoms with E-state index in [2.05, 4.69) is 46.5 Å². The number of thiazole rings is 1. The van der Waals surface area contributed by atoms with Gasteiger partial charge in [0.25, 0.3) is 0 Å². The molecule has 128 valence electrons. The Hall–Kier alpha value is -1.16. The van der Waals surface area contributed by atoms with E-state index < -0.39 is 0 Å². The average Bonchev–Trinajstić information content (AvgIpc) is 3.03. The van der Waals surface area contributed by atoms with Gasteiger partial charge in [0.05, 0.1) is 23.4 Å². The number of hydrogen-bond acceptors (Lipinski definition) is 4. The van der Waals surface area contributed by atoms with Crippen LogP contribution in [0.2, 0.25) is 0 Å². The summed E-state index contributed by atoms with van der Waals surface area (Å²) in [4.78, 5) is 10.4. The number of aryl methyl sites for hydroxylation is 3. The molecule has 0 amide bonds. The van der Waals surface area contributed by atoms with E-state index >= 15 is 0 Å². The highest BCUT2D eigenvalue weighted by molar-refractivity contribution is 14.0. The Morgan fingerprint density at radius 3 is 2.70 bits per heavy atom. The van der Waals surface area contributed by atoms with Gasteiger partial charge < -0.3 is 10.6 Å². The molecule has 0 fully saturated rings. The first-order valence-corrected chi connectivity index (χ1v) is 8.32. The Labute approximate surface area is 158 Å². The molecular formula is C15H25IN6S. The summed E-state index contributed by atoms with van der Waals surface area (Å²) in [5, 5.41) is 11.9. The van der Waals surface area contributed by atoms with Crippen molar-refractivity contribution in [3.05, 3.63) is 33.5 Å². The van der Waals surface area contributed by atoms with E-state index in [4.69, 9.17) is 0 Å². The molecule has 0 aliphatic rings. The van der Waals surface area contributed by atoms with Gasteiger partial charge in [0.1, 0.15) is 0 Å². The van der Waals surface area contributed by atoms with E-state index in [0.717, 1.165) is 36.7 Å². The van der Waals surface area contributed by atoms with Crippen molar-refractivity contribution in [3.63, 3.8) is 0 Å². The van der Waals surface area contributed by atoms with Gasteiger partial charge in [0, 0.05) is 43.2 Å². The zero-order valence-corrected chi connectivity index (χ0v) is 17.2. The Balaban J connectivity index is 0.00000264. The van der Waals surface area contributed by atoms with Crippen molar-refractivity contribution in [2.24, 2.45) is 12.0 Å². The molecule has 0 spiro atoms. The van der Waals surface area contributed by atoms with E-state index in [1.54, 1.807) is 16.0 Å². The fourth-order valence-electron chi connectivity index (χ4n) is 2.00. The van der Waals surface area contributed by atoms with Crippen molar-refractivity contribution < 1.29 is 0 Å². The standard InChI is InChI=1S/C15H24N6S.HI/c1-5-16-15(18-8-13-9-19-21(4)10-13)17-7-6-14-20-11(2)12(3)22-14;/h9-10H,5-8H2,1-4H3,(H2,16,17,18);1H. The molecule has 0 unspecified atom stereocenters. The van der Waals surface area contributed by atoms with E-state index in [0.29, 0.717) is 6.54 Å². The van der Waals surface area contributed by atoms with Crippen LogP contribution in [0.5, 0.6) is 0 Å². The van der Waals surface area contributed by atoms with Crippen LogP contribution in [0.1, 0.15) is 28.1 Å². The van der Waals surface area contributed by atoms with Crippen molar-refractivity contribution in [1.82, 2.24) is 25.4 Å². The highest BCUT2D eigenvalue weighted by Crippen LogP contribution is 2.16. The van der Waals surface area contributed by atoms with Gasteiger partial charge in [-0.05, 0) is 20.8 Å². The van der Waals surface area contributed by atoms with Crippen molar-refractivity contribution >= 4 is 41.3 Å². The lowest BCUT2D eigenvalue weighted by atomic mass is 10.4. The summed E-state index contributed by atoms with van der Waals surface area (Å²) >= 11 is 1.77. The fourth-order valence-corrected chi connectivity index (χ4v) is 2.93. The zero-order chi connectivity index (χ0) is 15.9. The van der Waals surface area contributed by atoms with Gasteiger partial charge in [0.2, 0.25) is 0 Å². The molecule has 8 heteroatoms. The SMILES string of the molecule is CCNC(=NCc1cnn(C)c1)NCCc1nc(C)c(C)s1.I. The van der Waals surface area contributed by atoms with Gasteiger partial charge in [-0.2, -0.15) is 5.10 Å². The molecule has 0 bridgehead atoms. The minimum atomic E-state index is 0. The van der Waals surface area contributed by atoms with Crippen molar-refractivity contribution in [2.45, 2.75) is 33.7 Å². The second-order valence-electron chi connectivity index (χ2n) is 5.14. The highest BCUT2D eigenvalue weighted by atomic mass is 127. The van der Waals surface area contributed by atoms with Crippen molar-refractivity contribution in [3.8, 4) is 0 Å². The maximum absolute atomic E-state index is 4.58. The number of guanidine groups is 1. The lowest BCUT2D eigenvalue weighted by Crippen LogP contribution is -2.38. The topological polar surface area (TPSA) is 67.1 Å². The van der Waals surface area contributed by atoms with Gasteiger partial charge in [-0.3, -0.25) is 4.68 Å². The molecule has 0 saturated carbocycles. The minimum absolute atomic E-state index is 0. The molecule has 0 radical (unpaired) electrons. The molecule has 2 N–H and O–H groups in total. The molecule has 23 heavy (non-hydrogen) atoms. The molecule has 2 heterocycles. The third-order valence-corrected chi connectivity index (χ3v) is 4.36. The number of nitrogens with zero attached hydrogens (tertiary/aromatic N) is 4. The quantitative estimate of drug-likeness (QED) is 0.405.